The molecule has 3 rings (SSSR count). The number of aliphatic hydroxyl groups excluding tert-OH is 1. The van der Waals surface area contributed by atoms with Gasteiger partial charge in [-0.05, 0) is 37.3 Å². The minimum atomic E-state index is -0.246. The van der Waals surface area contributed by atoms with Crippen LogP contribution in [0.2, 0.25) is 0 Å². The Morgan fingerprint density at radius 3 is 2.95 bits per heavy atom. The number of nitrogens with zero attached hydrogens (tertiary/aromatic N) is 1. The smallest absolute Gasteiger partial charge is 0.253 e. The molecular formula is C17H21NO3. The standard InChI is InChI=1S/C17H21NO3/c1-12-14(7-4-10-21-12)17(20)18-9-8-13-5-2-3-6-15(13)16(18)11-19/h2-3,5-6,16,19H,4,7-11H2,1H3. The molecule has 0 spiro atoms. The number of ether oxygens (including phenoxy) is 1. The zero-order valence-electron chi connectivity index (χ0n) is 12.3. The van der Waals surface area contributed by atoms with Crippen molar-refractivity contribution in [3.63, 3.8) is 0 Å². The number of amides is 1. The zero-order valence-corrected chi connectivity index (χ0v) is 12.3. The summed E-state index contributed by atoms with van der Waals surface area (Å²) in [4.78, 5) is 14.6. The maximum atomic E-state index is 12.8. The molecule has 0 aliphatic carbocycles. The summed E-state index contributed by atoms with van der Waals surface area (Å²) in [6, 6.07) is 7.81. The fourth-order valence-electron chi connectivity index (χ4n) is 3.26. The Morgan fingerprint density at radius 2 is 2.19 bits per heavy atom. The van der Waals surface area contributed by atoms with Crippen molar-refractivity contribution in [1.82, 2.24) is 4.90 Å². The SMILES string of the molecule is CC1=C(C(=O)N2CCc3ccccc3C2CO)CCCO1. The summed E-state index contributed by atoms with van der Waals surface area (Å²) in [6.07, 6.45) is 2.49. The fraction of sp³-hybridized carbons (Fsp3) is 0.471. The van der Waals surface area contributed by atoms with Gasteiger partial charge in [0.15, 0.2) is 0 Å². The summed E-state index contributed by atoms with van der Waals surface area (Å²) >= 11 is 0. The van der Waals surface area contributed by atoms with Crippen LogP contribution in [0.5, 0.6) is 0 Å². The molecule has 1 aromatic rings. The van der Waals surface area contributed by atoms with Gasteiger partial charge >= 0.3 is 0 Å². The van der Waals surface area contributed by atoms with Crippen LogP contribution < -0.4 is 0 Å². The summed E-state index contributed by atoms with van der Waals surface area (Å²) in [6.45, 7) is 3.15. The third-order valence-electron chi connectivity index (χ3n) is 4.42. The van der Waals surface area contributed by atoms with Gasteiger partial charge < -0.3 is 14.7 Å². The lowest BCUT2D eigenvalue weighted by Gasteiger charge is -2.37. The van der Waals surface area contributed by atoms with Crippen molar-refractivity contribution in [2.24, 2.45) is 0 Å². The number of allylic oxidation sites excluding steroid dienone is 1. The third kappa shape index (κ3) is 2.56. The van der Waals surface area contributed by atoms with Crippen molar-refractivity contribution in [2.45, 2.75) is 32.2 Å². The Balaban J connectivity index is 1.91. The molecule has 1 N–H and O–H groups in total. The van der Waals surface area contributed by atoms with Crippen molar-refractivity contribution in [1.29, 1.82) is 0 Å². The number of hydrogen-bond acceptors (Lipinski definition) is 3. The van der Waals surface area contributed by atoms with Crippen LogP contribution in [0.3, 0.4) is 0 Å². The molecule has 4 heteroatoms. The van der Waals surface area contributed by atoms with Gasteiger partial charge in [0.05, 0.1) is 24.8 Å². The number of fused-ring (bicyclic) bond motifs is 1. The van der Waals surface area contributed by atoms with E-state index in [1.54, 1.807) is 4.90 Å². The summed E-state index contributed by atoms with van der Waals surface area (Å²) in [5.41, 5.74) is 3.06. The molecule has 112 valence electrons. The molecule has 0 saturated carbocycles. The first-order valence-electron chi connectivity index (χ1n) is 7.54. The van der Waals surface area contributed by atoms with E-state index in [9.17, 15) is 9.90 Å². The lowest BCUT2D eigenvalue weighted by atomic mass is 9.92. The van der Waals surface area contributed by atoms with Gasteiger partial charge in [0.25, 0.3) is 5.91 Å². The van der Waals surface area contributed by atoms with Crippen LogP contribution >= 0.6 is 0 Å². The quantitative estimate of drug-likeness (QED) is 0.907. The van der Waals surface area contributed by atoms with Gasteiger partial charge in [-0.1, -0.05) is 24.3 Å². The van der Waals surface area contributed by atoms with Crippen LogP contribution in [0, 0.1) is 0 Å². The molecular weight excluding hydrogens is 266 g/mol. The van der Waals surface area contributed by atoms with E-state index in [-0.39, 0.29) is 18.6 Å². The van der Waals surface area contributed by atoms with E-state index < -0.39 is 0 Å². The number of rotatable bonds is 2. The monoisotopic (exact) mass is 287 g/mol. The minimum absolute atomic E-state index is 0.0146. The Hall–Kier alpha value is -1.81. The van der Waals surface area contributed by atoms with Crippen molar-refractivity contribution in [2.75, 3.05) is 19.8 Å². The van der Waals surface area contributed by atoms with Crippen molar-refractivity contribution < 1.29 is 14.6 Å². The average Bonchev–Trinajstić information content (AvgIpc) is 2.53. The minimum Gasteiger partial charge on any atom is -0.498 e. The van der Waals surface area contributed by atoms with Gasteiger partial charge in [0, 0.05) is 6.54 Å². The van der Waals surface area contributed by atoms with Gasteiger partial charge in [-0.25, -0.2) is 0 Å². The maximum absolute atomic E-state index is 12.8. The van der Waals surface area contributed by atoms with E-state index in [1.165, 1.54) is 5.56 Å². The summed E-state index contributed by atoms with van der Waals surface area (Å²) in [7, 11) is 0. The van der Waals surface area contributed by atoms with Gasteiger partial charge in [0.1, 0.15) is 5.76 Å². The molecule has 2 aliphatic heterocycles. The van der Waals surface area contributed by atoms with Crippen LogP contribution in [-0.4, -0.2) is 35.7 Å². The summed E-state index contributed by atoms with van der Waals surface area (Å²) in [5.74, 6) is 0.752. The fourth-order valence-corrected chi connectivity index (χ4v) is 3.26. The van der Waals surface area contributed by atoms with Crippen LogP contribution in [0.25, 0.3) is 0 Å². The highest BCUT2D eigenvalue weighted by Crippen LogP contribution is 2.32. The molecule has 2 heterocycles. The van der Waals surface area contributed by atoms with E-state index >= 15 is 0 Å². The molecule has 0 aromatic heterocycles. The molecule has 0 radical (unpaired) electrons. The summed E-state index contributed by atoms with van der Waals surface area (Å²) in [5, 5.41) is 9.78. The molecule has 4 nitrogen and oxygen atoms in total. The van der Waals surface area contributed by atoms with Crippen LogP contribution in [0.15, 0.2) is 35.6 Å². The second kappa shape index (κ2) is 5.90. The molecule has 1 aromatic carbocycles. The first-order valence-corrected chi connectivity index (χ1v) is 7.54. The zero-order chi connectivity index (χ0) is 14.8. The van der Waals surface area contributed by atoms with Crippen molar-refractivity contribution in [3.8, 4) is 0 Å². The van der Waals surface area contributed by atoms with E-state index in [1.807, 2.05) is 25.1 Å². The molecule has 1 unspecified atom stereocenters. The Bertz CT molecular complexity index is 579. The molecule has 0 fully saturated rings. The molecule has 0 saturated heterocycles. The number of carbonyl (C=O) groups excluding carboxylic acids is 1. The van der Waals surface area contributed by atoms with Gasteiger partial charge in [-0.15, -0.1) is 0 Å². The third-order valence-corrected chi connectivity index (χ3v) is 4.42. The number of hydrogen-bond donors (Lipinski definition) is 1. The first kappa shape index (κ1) is 14.1. The Labute approximate surface area is 125 Å². The molecule has 1 amide bonds. The Morgan fingerprint density at radius 1 is 1.38 bits per heavy atom. The predicted octanol–water partition coefficient (Wildman–Crippen LogP) is 2.19. The van der Waals surface area contributed by atoms with E-state index in [4.69, 9.17) is 4.74 Å². The molecule has 2 aliphatic rings. The highest BCUT2D eigenvalue weighted by molar-refractivity contribution is 5.94. The largest absolute Gasteiger partial charge is 0.498 e. The molecule has 1 atom stereocenters. The van der Waals surface area contributed by atoms with Crippen LogP contribution in [0.4, 0.5) is 0 Å². The van der Waals surface area contributed by atoms with Crippen molar-refractivity contribution >= 4 is 5.91 Å². The van der Waals surface area contributed by atoms with E-state index in [2.05, 4.69) is 6.07 Å². The van der Waals surface area contributed by atoms with E-state index in [0.29, 0.717) is 13.2 Å². The molecule has 21 heavy (non-hydrogen) atoms. The highest BCUT2D eigenvalue weighted by atomic mass is 16.5. The maximum Gasteiger partial charge on any atom is 0.253 e. The van der Waals surface area contributed by atoms with Gasteiger partial charge in [-0.2, -0.15) is 0 Å². The van der Waals surface area contributed by atoms with Crippen molar-refractivity contribution in [3.05, 3.63) is 46.7 Å². The van der Waals surface area contributed by atoms with Gasteiger partial charge in [-0.3, -0.25) is 4.79 Å². The predicted molar refractivity (Wildman–Crippen MR) is 79.6 cm³/mol. The lowest BCUT2D eigenvalue weighted by molar-refractivity contribution is -0.131. The average molecular weight is 287 g/mol. The number of benzene rings is 1. The topological polar surface area (TPSA) is 49.8 Å². The number of aliphatic hydroxyl groups is 1. The highest BCUT2D eigenvalue weighted by Gasteiger charge is 2.32. The summed E-state index contributed by atoms with van der Waals surface area (Å²) < 4.78 is 5.51. The normalized spacial score (nSPS) is 21.8. The second-order valence-corrected chi connectivity index (χ2v) is 5.63. The first-order chi connectivity index (χ1) is 10.2. The lowest BCUT2D eigenvalue weighted by Crippen LogP contribution is -2.42. The van der Waals surface area contributed by atoms with Crippen LogP contribution in [-0.2, 0) is 16.0 Å². The number of carbonyl (C=O) groups is 1. The van der Waals surface area contributed by atoms with E-state index in [0.717, 1.165) is 36.2 Å². The van der Waals surface area contributed by atoms with Gasteiger partial charge in [0.2, 0.25) is 0 Å². The second-order valence-electron chi connectivity index (χ2n) is 5.63. The Kier molecular flexibility index (Phi) is 3.97. The molecule has 0 bridgehead atoms. The van der Waals surface area contributed by atoms with Crippen LogP contribution in [0.1, 0.15) is 36.9 Å².